The van der Waals surface area contributed by atoms with Gasteiger partial charge in [-0.25, -0.2) is 9.97 Å². The van der Waals surface area contributed by atoms with Crippen molar-refractivity contribution in [2.45, 2.75) is 32.1 Å². The number of carbonyl (C=O) groups is 2. The summed E-state index contributed by atoms with van der Waals surface area (Å²) in [5.41, 5.74) is 4.94. The third-order valence-electron chi connectivity index (χ3n) is 6.82. The third kappa shape index (κ3) is 7.03. The average Bonchev–Trinajstić information content (AvgIpc) is 2.97. The molecule has 0 saturated carbocycles. The van der Waals surface area contributed by atoms with Crippen molar-refractivity contribution in [1.29, 1.82) is 0 Å². The molecule has 2 aromatic heterocycles. The van der Waals surface area contributed by atoms with Crippen molar-refractivity contribution < 1.29 is 9.59 Å². The largest absolute Gasteiger partial charge is 0.369 e. The van der Waals surface area contributed by atoms with Crippen LogP contribution in [-0.2, 0) is 0 Å². The van der Waals surface area contributed by atoms with Gasteiger partial charge in [-0.15, -0.1) is 0 Å². The molecular formula is C31H36N6O2. The molecule has 0 unspecified atom stereocenters. The van der Waals surface area contributed by atoms with Crippen molar-refractivity contribution >= 4 is 28.4 Å². The highest BCUT2D eigenvalue weighted by Crippen LogP contribution is 2.27. The molecule has 0 spiro atoms. The first kappa shape index (κ1) is 27.9. The van der Waals surface area contributed by atoms with Gasteiger partial charge in [0.2, 0.25) is 0 Å². The van der Waals surface area contributed by atoms with E-state index in [9.17, 15) is 9.59 Å². The summed E-state index contributed by atoms with van der Waals surface area (Å²) >= 11 is 0. The average molecular weight is 525 g/mol. The summed E-state index contributed by atoms with van der Waals surface area (Å²) in [4.78, 5) is 40.4. The second-order valence-electron chi connectivity index (χ2n) is 10.0. The summed E-state index contributed by atoms with van der Waals surface area (Å²) in [7, 11) is 5.72. The minimum absolute atomic E-state index is 0.113. The van der Waals surface area contributed by atoms with Crippen LogP contribution in [0.5, 0.6) is 0 Å². The van der Waals surface area contributed by atoms with Crippen LogP contribution in [-0.4, -0.2) is 65.8 Å². The van der Waals surface area contributed by atoms with Crippen LogP contribution in [0.4, 0.5) is 5.82 Å². The molecule has 0 saturated heterocycles. The molecule has 0 radical (unpaired) electrons. The van der Waals surface area contributed by atoms with Gasteiger partial charge in [-0.1, -0.05) is 49.4 Å². The zero-order chi connectivity index (χ0) is 27.8. The van der Waals surface area contributed by atoms with E-state index >= 15 is 0 Å². The number of benzene rings is 2. The smallest absolute Gasteiger partial charge is 0.251 e. The van der Waals surface area contributed by atoms with Crippen molar-refractivity contribution in [3.05, 3.63) is 83.8 Å². The molecule has 202 valence electrons. The van der Waals surface area contributed by atoms with Crippen LogP contribution in [0.3, 0.4) is 0 Å². The third-order valence-corrected chi connectivity index (χ3v) is 6.82. The maximum absolute atomic E-state index is 12.5. The van der Waals surface area contributed by atoms with Crippen LogP contribution >= 0.6 is 0 Å². The van der Waals surface area contributed by atoms with E-state index in [1.165, 1.54) is 0 Å². The minimum Gasteiger partial charge on any atom is -0.369 e. The van der Waals surface area contributed by atoms with Crippen LogP contribution in [0.2, 0.25) is 0 Å². The summed E-state index contributed by atoms with van der Waals surface area (Å²) in [5.74, 6) is 0.871. The van der Waals surface area contributed by atoms with E-state index in [0.717, 1.165) is 52.7 Å². The lowest BCUT2D eigenvalue weighted by atomic mass is 9.96. The van der Waals surface area contributed by atoms with Crippen LogP contribution in [0.25, 0.3) is 22.2 Å². The lowest BCUT2D eigenvalue weighted by Crippen LogP contribution is -2.18. The van der Waals surface area contributed by atoms with Gasteiger partial charge < -0.3 is 15.5 Å². The van der Waals surface area contributed by atoms with E-state index in [4.69, 9.17) is 0 Å². The molecule has 8 heteroatoms. The summed E-state index contributed by atoms with van der Waals surface area (Å²) in [6.45, 7) is 3.74. The van der Waals surface area contributed by atoms with E-state index in [2.05, 4.69) is 37.4 Å². The van der Waals surface area contributed by atoms with Crippen molar-refractivity contribution in [2.24, 2.45) is 0 Å². The quantitative estimate of drug-likeness (QED) is 0.195. The fourth-order valence-corrected chi connectivity index (χ4v) is 4.59. The maximum Gasteiger partial charge on any atom is 0.251 e. The fraction of sp³-hybridized carbons (Fsp3) is 0.323. The monoisotopic (exact) mass is 524 g/mol. The number of rotatable bonds is 12. The first-order valence-corrected chi connectivity index (χ1v) is 13.3. The van der Waals surface area contributed by atoms with Crippen molar-refractivity contribution in [2.75, 3.05) is 39.5 Å². The number of nitrogens with one attached hydrogen (secondary N) is 2. The van der Waals surface area contributed by atoms with Gasteiger partial charge in [-0.2, -0.15) is 0 Å². The molecule has 0 aliphatic rings. The minimum atomic E-state index is -0.128. The highest BCUT2D eigenvalue weighted by molar-refractivity contribution is 6.06. The lowest BCUT2D eigenvalue weighted by Gasteiger charge is -2.16. The molecule has 2 N–H and O–H groups in total. The molecule has 0 aliphatic carbocycles. The van der Waals surface area contributed by atoms with Crippen molar-refractivity contribution in [3.63, 3.8) is 0 Å². The first-order valence-electron chi connectivity index (χ1n) is 13.3. The summed E-state index contributed by atoms with van der Waals surface area (Å²) in [5, 5.41) is 6.95. The Hall–Kier alpha value is -4.17. The number of anilines is 1. The number of pyridine rings is 1. The Labute approximate surface area is 229 Å². The normalized spacial score (nSPS) is 11.9. The molecule has 8 nitrogen and oxygen atoms in total. The van der Waals surface area contributed by atoms with Gasteiger partial charge in [0.05, 0.1) is 16.8 Å². The first-order chi connectivity index (χ1) is 18.9. The van der Waals surface area contributed by atoms with Crippen LogP contribution < -0.4 is 10.6 Å². The van der Waals surface area contributed by atoms with Gasteiger partial charge in [-0.3, -0.25) is 14.6 Å². The summed E-state index contributed by atoms with van der Waals surface area (Å²) < 4.78 is 0. The molecule has 2 aromatic carbocycles. The van der Waals surface area contributed by atoms with E-state index < -0.39 is 0 Å². The fourth-order valence-electron chi connectivity index (χ4n) is 4.59. The number of fused-ring (bicyclic) bond motifs is 1. The number of Topliss-reactive ketones (excluding diaryl/α,β-unsaturated/α-hetero) is 1. The Bertz CT molecular complexity index is 1430. The molecule has 0 aliphatic heterocycles. The van der Waals surface area contributed by atoms with Crippen LogP contribution in [0.15, 0.2) is 67.1 Å². The Balaban J connectivity index is 1.41. The van der Waals surface area contributed by atoms with Gasteiger partial charge in [-0.05, 0) is 45.1 Å². The zero-order valence-corrected chi connectivity index (χ0v) is 23.1. The molecular weight excluding hydrogens is 488 g/mol. The highest BCUT2D eigenvalue weighted by atomic mass is 16.1. The predicted molar refractivity (Wildman–Crippen MR) is 156 cm³/mol. The summed E-state index contributed by atoms with van der Waals surface area (Å²) in [6, 6.07) is 17.2. The predicted octanol–water partition coefficient (Wildman–Crippen LogP) is 5.18. The highest BCUT2D eigenvalue weighted by Gasteiger charge is 2.15. The summed E-state index contributed by atoms with van der Waals surface area (Å²) in [6.07, 6.45) is 5.69. The van der Waals surface area contributed by atoms with E-state index in [1.54, 1.807) is 25.6 Å². The lowest BCUT2D eigenvalue weighted by molar-refractivity contribution is 0.0961. The maximum atomic E-state index is 12.5. The van der Waals surface area contributed by atoms with E-state index in [1.807, 2.05) is 62.6 Å². The Morgan fingerprint density at radius 3 is 2.51 bits per heavy atom. The Morgan fingerprint density at radius 2 is 1.77 bits per heavy atom. The molecule has 0 fully saturated rings. The zero-order valence-electron chi connectivity index (χ0n) is 23.1. The molecule has 4 rings (SSSR count). The number of hydrogen-bond donors (Lipinski definition) is 2. The number of unbranched alkanes of at least 4 members (excludes halogenated alkanes) is 1. The van der Waals surface area contributed by atoms with Crippen molar-refractivity contribution in [1.82, 2.24) is 25.2 Å². The van der Waals surface area contributed by atoms with Gasteiger partial charge >= 0.3 is 0 Å². The topological polar surface area (TPSA) is 100 Å². The van der Waals surface area contributed by atoms with Gasteiger partial charge in [0.1, 0.15) is 12.1 Å². The molecule has 2 heterocycles. The standard InChI is InChI=1S/C31H36N6O2/c1-21(24-8-7-9-25-26(31(39)32-2)15-16-33-30(24)25)19-34-29-18-27(35-20-36-29)22-11-13-23(14-12-22)28(38)10-5-6-17-37(3)4/h7-9,11-16,18,20-21H,5-6,10,17,19H2,1-4H3,(H,32,39)(H,34,35,36)/t21-/m1/s1. The van der Waals surface area contributed by atoms with Gasteiger partial charge in [0.25, 0.3) is 5.91 Å². The second-order valence-corrected chi connectivity index (χ2v) is 10.0. The molecule has 0 bridgehead atoms. The second kappa shape index (κ2) is 13.1. The number of ketones is 1. The van der Waals surface area contributed by atoms with Crippen molar-refractivity contribution in [3.8, 4) is 11.3 Å². The Morgan fingerprint density at radius 1 is 0.974 bits per heavy atom. The molecule has 1 amide bonds. The number of aromatic nitrogens is 3. The van der Waals surface area contributed by atoms with Crippen LogP contribution in [0, 0.1) is 0 Å². The van der Waals surface area contributed by atoms with E-state index in [0.29, 0.717) is 24.3 Å². The molecule has 1 atom stereocenters. The molecule has 4 aromatic rings. The number of carbonyl (C=O) groups excluding carboxylic acids is 2. The van der Waals surface area contributed by atoms with Crippen LogP contribution in [0.1, 0.15) is 58.4 Å². The van der Waals surface area contributed by atoms with E-state index in [-0.39, 0.29) is 17.6 Å². The van der Waals surface area contributed by atoms with Gasteiger partial charge in [0, 0.05) is 54.7 Å². The Kier molecular flexibility index (Phi) is 9.33. The number of hydrogen-bond acceptors (Lipinski definition) is 7. The number of para-hydroxylation sites is 1. The molecule has 39 heavy (non-hydrogen) atoms. The number of nitrogens with zero attached hydrogens (tertiary/aromatic N) is 4. The SMILES string of the molecule is CNC(=O)c1ccnc2c([C@H](C)CNc3cc(-c4ccc(C(=O)CCCCN(C)C)cc4)ncn3)cccc12. The van der Waals surface area contributed by atoms with Gasteiger partial charge in [0.15, 0.2) is 5.78 Å². The number of amides is 1.